The normalized spacial score (nSPS) is 24.2. The van der Waals surface area contributed by atoms with Gasteiger partial charge in [-0.15, -0.1) is 11.8 Å². The van der Waals surface area contributed by atoms with Gasteiger partial charge in [0.25, 0.3) is 0 Å². The molecule has 0 radical (unpaired) electrons. The topological polar surface area (TPSA) is 25.8 Å². The number of hydrogen-bond acceptors (Lipinski definition) is 4. The highest BCUT2D eigenvalue weighted by Crippen LogP contribution is 2.43. The Hall–Kier alpha value is 0.360. The summed E-state index contributed by atoms with van der Waals surface area (Å²) in [4.78, 5) is 8.92. The maximum atomic E-state index is 6.19. The molecule has 100 valence electrons. The molecule has 1 aliphatic rings. The summed E-state index contributed by atoms with van der Waals surface area (Å²) < 4.78 is 0. The van der Waals surface area contributed by atoms with Gasteiger partial charge < -0.3 is 0 Å². The molecule has 1 aromatic rings. The molecule has 1 aliphatic heterocycles. The third-order valence-electron chi connectivity index (χ3n) is 2.98. The number of hydrogen-bond donors (Lipinski definition) is 0. The molecule has 0 N–H and O–H groups in total. The van der Waals surface area contributed by atoms with E-state index in [1.54, 1.807) is 0 Å². The Balaban J connectivity index is 2.32. The predicted octanol–water partition coefficient (Wildman–Crippen LogP) is 4.65. The Morgan fingerprint density at radius 3 is 2.28 bits per heavy atom. The van der Waals surface area contributed by atoms with E-state index >= 15 is 0 Å². The van der Waals surface area contributed by atoms with Gasteiger partial charge in [0, 0.05) is 22.3 Å². The Kier molecular flexibility index (Phi) is 5.48. The fourth-order valence-corrected chi connectivity index (χ4v) is 5.67. The van der Waals surface area contributed by atoms with Gasteiger partial charge in [-0.25, -0.2) is 9.97 Å². The van der Waals surface area contributed by atoms with Crippen LogP contribution in [-0.2, 0) is 6.42 Å². The van der Waals surface area contributed by atoms with Crippen molar-refractivity contribution < 1.29 is 0 Å². The number of rotatable bonds is 3. The summed E-state index contributed by atoms with van der Waals surface area (Å²) in [5.74, 6) is 3.14. The van der Waals surface area contributed by atoms with Gasteiger partial charge in [-0.1, -0.05) is 37.0 Å². The van der Waals surface area contributed by atoms with Crippen LogP contribution in [0.25, 0.3) is 0 Å². The molecule has 0 aliphatic carbocycles. The lowest BCUT2D eigenvalue weighted by Gasteiger charge is -2.29. The zero-order valence-electron chi connectivity index (χ0n) is 10.4. The molecule has 1 saturated heterocycles. The summed E-state index contributed by atoms with van der Waals surface area (Å²) in [6.07, 6.45) is 1.89. The molecule has 2 unspecified atom stereocenters. The van der Waals surface area contributed by atoms with Crippen LogP contribution in [0.3, 0.4) is 0 Å². The van der Waals surface area contributed by atoms with E-state index in [0.717, 1.165) is 30.0 Å². The summed E-state index contributed by atoms with van der Waals surface area (Å²) in [6.45, 7) is 4.22. The van der Waals surface area contributed by atoms with Crippen molar-refractivity contribution in [1.82, 2.24) is 9.97 Å². The van der Waals surface area contributed by atoms with Crippen molar-refractivity contribution in [2.45, 2.75) is 37.2 Å². The average Bonchev–Trinajstić information content (AvgIpc) is 2.38. The molecule has 0 aromatic carbocycles. The molecule has 2 rings (SSSR count). The van der Waals surface area contributed by atoms with E-state index in [1.807, 2.05) is 30.4 Å². The van der Waals surface area contributed by atoms with Crippen molar-refractivity contribution in [3.63, 3.8) is 0 Å². The largest absolute Gasteiger partial charge is 0.220 e. The van der Waals surface area contributed by atoms with Crippen LogP contribution in [0, 0.1) is 0 Å². The molecular formula is C12H16Cl2N2S2. The summed E-state index contributed by atoms with van der Waals surface area (Å²) >= 11 is 16.3. The highest BCUT2D eigenvalue weighted by molar-refractivity contribution is 8.06. The summed E-state index contributed by atoms with van der Waals surface area (Å²) in [5.41, 5.74) is 0.851. The van der Waals surface area contributed by atoms with Crippen LogP contribution >= 0.6 is 46.7 Å². The summed E-state index contributed by atoms with van der Waals surface area (Å²) in [6, 6.07) is 0. The zero-order valence-corrected chi connectivity index (χ0v) is 13.6. The van der Waals surface area contributed by atoms with Crippen LogP contribution in [0.2, 0.25) is 10.3 Å². The predicted molar refractivity (Wildman–Crippen MR) is 83.2 cm³/mol. The lowest BCUT2D eigenvalue weighted by Crippen LogP contribution is -2.20. The fourth-order valence-electron chi connectivity index (χ4n) is 2.01. The van der Waals surface area contributed by atoms with Crippen molar-refractivity contribution in [2.75, 3.05) is 11.5 Å². The van der Waals surface area contributed by atoms with Crippen molar-refractivity contribution in [2.24, 2.45) is 0 Å². The van der Waals surface area contributed by atoms with Crippen molar-refractivity contribution in [3.8, 4) is 0 Å². The quantitative estimate of drug-likeness (QED) is 0.757. The first-order valence-electron chi connectivity index (χ1n) is 6.12. The molecule has 1 fully saturated rings. The zero-order chi connectivity index (χ0) is 13.1. The molecular weight excluding hydrogens is 307 g/mol. The molecule has 1 aromatic heterocycles. The smallest absolute Gasteiger partial charge is 0.145 e. The van der Waals surface area contributed by atoms with Crippen molar-refractivity contribution in [3.05, 3.63) is 21.7 Å². The Labute approximate surface area is 127 Å². The highest BCUT2D eigenvalue weighted by Gasteiger charge is 2.29. The van der Waals surface area contributed by atoms with Gasteiger partial charge in [0.1, 0.15) is 16.1 Å². The molecule has 6 heteroatoms. The molecule has 2 heterocycles. The maximum absolute atomic E-state index is 6.19. The monoisotopic (exact) mass is 322 g/mol. The summed E-state index contributed by atoms with van der Waals surface area (Å²) in [7, 11) is 0. The third-order valence-corrected chi connectivity index (χ3v) is 6.85. The van der Waals surface area contributed by atoms with E-state index in [-0.39, 0.29) is 0 Å². The van der Waals surface area contributed by atoms with E-state index in [9.17, 15) is 0 Å². The maximum Gasteiger partial charge on any atom is 0.145 e. The van der Waals surface area contributed by atoms with Gasteiger partial charge in [-0.2, -0.15) is 11.8 Å². The molecule has 2 nitrogen and oxygen atoms in total. The van der Waals surface area contributed by atoms with Crippen molar-refractivity contribution >= 4 is 46.7 Å². The minimum absolute atomic E-state index is 0.314. The minimum atomic E-state index is 0.314. The first-order valence-corrected chi connectivity index (χ1v) is 8.97. The van der Waals surface area contributed by atoms with Crippen LogP contribution < -0.4 is 0 Å². The Morgan fingerprint density at radius 1 is 1.11 bits per heavy atom. The van der Waals surface area contributed by atoms with Gasteiger partial charge in [-0.05, 0) is 12.8 Å². The number of nitrogens with zero attached hydrogens (tertiary/aromatic N) is 2. The van der Waals surface area contributed by atoms with Crippen molar-refractivity contribution in [1.29, 1.82) is 0 Å². The van der Waals surface area contributed by atoms with E-state index < -0.39 is 0 Å². The third kappa shape index (κ3) is 3.09. The average molecular weight is 323 g/mol. The number of halogens is 2. The van der Waals surface area contributed by atoms with Crippen LogP contribution in [0.5, 0.6) is 0 Å². The van der Waals surface area contributed by atoms with E-state index in [1.165, 1.54) is 5.75 Å². The minimum Gasteiger partial charge on any atom is -0.220 e. The molecule has 18 heavy (non-hydrogen) atoms. The molecule has 0 amide bonds. The second-order valence-corrected chi connectivity index (χ2v) is 7.42. The van der Waals surface area contributed by atoms with Gasteiger partial charge in [0.05, 0.1) is 5.25 Å². The molecule has 2 atom stereocenters. The molecule has 0 bridgehead atoms. The van der Waals surface area contributed by atoms with E-state index in [4.69, 9.17) is 23.2 Å². The lowest BCUT2D eigenvalue weighted by atomic mass is 10.2. The first kappa shape index (κ1) is 14.8. The van der Waals surface area contributed by atoms with Crippen LogP contribution in [0.15, 0.2) is 0 Å². The fraction of sp³-hybridized carbons (Fsp3) is 0.667. The second kappa shape index (κ2) is 6.69. The highest BCUT2D eigenvalue weighted by atomic mass is 35.5. The molecule has 0 spiro atoms. The van der Waals surface area contributed by atoms with Gasteiger partial charge >= 0.3 is 0 Å². The number of aromatic nitrogens is 2. The van der Waals surface area contributed by atoms with Crippen LogP contribution in [-0.4, -0.2) is 26.7 Å². The van der Waals surface area contributed by atoms with Gasteiger partial charge in [0.15, 0.2) is 0 Å². The first-order chi connectivity index (χ1) is 8.67. The Morgan fingerprint density at radius 2 is 1.72 bits per heavy atom. The second-order valence-electron chi connectivity index (χ2n) is 4.10. The Bertz CT molecular complexity index is 406. The standard InChI is InChI=1S/C12H16Cl2N2S2/c1-3-7-10(13)15-12(16-11(7)14)9-8(4-2)17-5-6-18-9/h8-9H,3-6H2,1-2H3. The molecule has 0 saturated carbocycles. The van der Waals surface area contributed by atoms with Gasteiger partial charge in [-0.3, -0.25) is 0 Å². The SMILES string of the molecule is CCc1c(Cl)nc(C2SCCSC2CC)nc1Cl. The van der Waals surface area contributed by atoms with E-state index in [2.05, 4.69) is 16.9 Å². The van der Waals surface area contributed by atoms with E-state index in [0.29, 0.717) is 20.8 Å². The lowest BCUT2D eigenvalue weighted by molar-refractivity contribution is 0.746. The summed E-state index contributed by atoms with van der Waals surface area (Å²) in [5, 5.41) is 1.90. The number of thioether (sulfide) groups is 2. The van der Waals surface area contributed by atoms with Crippen LogP contribution in [0.1, 0.15) is 36.9 Å². The van der Waals surface area contributed by atoms with Crippen LogP contribution in [0.4, 0.5) is 0 Å². The van der Waals surface area contributed by atoms with Gasteiger partial charge in [0.2, 0.25) is 0 Å².